The molecule has 3 fully saturated rings. The molecule has 0 spiro atoms. The molecule has 48 heavy (non-hydrogen) atoms. The largest absolute Gasteiger partial charge is 0.465 e. The van der Waals surface area contributed by atoms with Gasteiger partial charge in [0.05, 0.1) is 13.2 Å². The topological polar surface area (TPSA) is 155 Å². The maximum atomic E-state index is 12.4. The van der Waals surface area contributed by atoms with Crippen LogP contribution in [0.1, 0.15) is 114 Å². The van der Waals surface area contributed by atoms with Crippen molar-refractivity contribution in [1.29, 1.82) is 0 Å². The average molecular weight is 685 g/mol. The molecule has 0 bridgehead atoms. The second kappa shape index (κ2) is 20.3. The average Bonchev–Trinajstić information content (AvgIpc) is 3.55. The standard InChI is InChI=1S/C16H27NO5.C15H25NO5.C4H8O/c1-6-21-13(19)16(5)9-7-10-17(11-8-12(16)18)14(20)22-15(2,3)4;1-5-20-13(18)11-7-6-9-16(10-8-12(11)17)14(19)21-15(2,3)4;1-2-4-5-3-1/h6-11H2,1-5H3;11H,5-10H2,1-4H3;1-4H2. The minimum absolute atomic E-state index is 0.133. The number of nitrogens with zero attached hydrogens (tertiary/aromatic N) is 2. The van der Waals surface area contributed by atoms with E-state index in [-0.39, 0.29) is 50.7 Å². The lowest BCUT2D eigenvalue weighted by atomic mass is 9.79. The molecule has 0 aliphatic carbocycles. The highest BCUT2D eigenvalue weighted by atomic mass is 16.6. The zero-order valence-electron chi connectivity index (χ0n) is 30.8. The number of ketones is 2. The first-order valence-corrected chi connectivity index (χ1v) is 17.3. The van der Waals surface area contributed by atoms with Crippen molar-refractivity contribution in [3.05, 3.63) is 0 Å². The van der Waals surface area contributed by atoms with Crippen LogP contribution in [-0.4, -0.2) is 109 Å². The van der Waals surface area contributed by atoms with Crippen LogP contribution in [0.5, 0.6) is 0 Å². The van der Waals surface area contributed by atoms with Gasteiger partial charge in [0.25, 0.3) is 0 Å². The fraction of sp³-hybridized carbons (Fsp3) is 0.829. The minimum Gasteiger partial charge on any atom is -0.465 e. The number of hydrogen-bond donors (Lipinski definition) is 0. The van der Waals surface area contributed by atoms with Gasteiger partial charge >= 0.3 is 24.1 Å². The van der Waals surface area contributed by atoms with Gasteiger partial charge in [-0.2, -0.15) is 0 Å². The van der Waals surface area contributed by atoms with E-state index in [1.165, 1.54) is 22.6 Å². The third-order valence-corrected chi connectivity index (χ3v) is 7.69. The molecule has 3 heterocycles. The molecule has 0 aromatic rings. The summed E-state index contributed by atoms with van der Waals surface area (Å²) in [7, 11) is 0. The molecular formula is C35H60N2O11. The summed E-state index contributed by atoms with van der Waals surface area (Å²) in [6.45, 7) is 19.9. The van der Waals surface area contributed by atoms with E-state index in [0.29, 0.717) is 38.8 Å². The maximum absolute atomic E-state index is 12.4. The van der Waals surface area contributed by atoms with E-state index in [1.807, 2.05) is 0 Å². The molecule has 0 aromatic carbocycles. The predicted octanol–water partition coefficient (Wildman–Crippen LogP) is 5.50. The van der Waals surface area contributed by atoms with E-state index >= 15 is 0 Å². The van der Waals surface area contributed by atoms with Crippen molar-refractivity contribution in [3.63, 3.8) is 0 Å². The molecule has 13 heteroatoms. The van der Waals surface area contributed by atoms with Crippen LogP contribution in [0.25, 0.3) is 0 Å². The van der Waals surface area contributed by atoms with Crippen molar-refractivity contribution < 1.29 is 52.5 Å². The molecule has 0 saturated carbocycles. The van der Waals surface area contributed by atoms with E-state index in [0.717, 1.165) is 13.2 Å². The molecule has 3 rings (SSSR count). The number of ether oxygens (including phenoxy) is 5. The molecule has 0 aromatic heterocycles. The van der Waals surface area contributed by atoms with Gasteiger partial charge in [-0.3, -0.25) is 19.2 Å². The summed E-state index contributed by atoms with van der Waals surface area (Å²) in [6, 6.07) is 0. The van der Waals surface area contributed by atoms with E-state index in [2.05, 4.69) is 0 Å². The van der Waals surface area contributed by atoms with Gasteiger partial charge in [-0.05, 0) is 101 Å². The molecule has 0 radical (unpaired) electrons. The van der Waals surface area contributed by atoms with Gasteiger partial charge in [0.1, 0.15) is 28.3 Å². The van der Waals surface area contributed by atoms with Gasteiger partial charge in [-0.1, -0.05) is 0 Å². The van der Waals surface area contributed by atoms with Crippen LogP contribution >= 0.6 is 0 Å². The summed E-state index contributed by atoms with van der Waals surface area (Å²) in [5.41, 5.74) is -2.23. The number of Topliss-reactive ketones (excluding diaryl/α,β-unsaturated/α-hetero) is 2. The Bertz CT molecular complexity index is 1070. The Kier molecular flexibility index (Phi) is 18.1. The van der Waals surface area contributed by atoms with Gasteiger partial charge < -0.3 is 33.5 Å². The van der Waals surface area contributed by atoms with Crippen LogP contribution in [0.2, 0.25) is 0 Å². The lowest BCUT2D eigenvalue weighted by Crippen LogP contribution is -2.45. The molecule has 2 atom stereocenters. The zero-order chi connectivity index (χ0) is 36.5. The Morgan fingerprint density at radius 3 is 1.71 bits per heavy atom. The molecular weight excluding hydrogens is 624 g/mol. The van der Waals surface area contributed by atoms with Gasteiger partial charge in [-0.25, -0.2) is 9.59 Å². The fourth-order valence-corrected chi connectivity index (χ4v) is 5.09. The highest BCUT2D eigenvalue weighted by Crippen LogP contribution is 2.30. The summed E-state index contributed by atoms with van der Waals surface area (Å²) >= 11 is 0. The normalized spacial score (nSPS) is 22.2. The summed E-state index contributed by atoms with van der Waals surface area (Å²) < 4.78 is 25.5. The Morgan fingerprint density at radius 1 is 0.750 bits per heavy atom. The lowest BCUT2D eigenvalue weighted by Gasteiger charge is -2.33. The Labute approximate surface area is 286 Å². The Hall–Kier alpha value is -3.22. The quantitative estimate of drug-likeness (QED) is 0.209. The number of likely N-dealkylation sites (tertiary alicyclic amines) is 2. The predicted molar refractivity (Wildman–Crippen MR) is 178 cm³/mol. The summed E-state index contributed by atoms with van der Waals surface area (Å²) in [5, 5.41) is 0. The molecule has 3 saturated heterocycles. The molecule has 3 aliphatic heterocycles. The van der Waals surface area contributed by atoms with E-state index in [4.69, 9.17) is 23.7 Å². The molecule has 3 aliphatic rings. The van der Waals surface area contributed by atoms with Crippen LogP contribution in [0.15, 0.2) is 0 Å². The second-order valence-corrected chi connectivity index (χ2v) is 14.2. The fourth-order valence-electron chi connectivity index (χ4n) is 5.09. The Balaban J connectivity index is 0.000000418. The van der Waals surface area contributed by atoms with Crippen molar-refractivity contribution in [2.45, 2.75) is 125 Å². The number of esters is 2. The van der Waals surface area contributed by atoms with Gasteiger partial charge in [0, 0.05) is 52.2 Å². The van der Waals surface area contributed by atoms with Crippen LogP contribution in [0.4, 0.5) is 9.59 Å². The molecule has 2 amide bonds. The first-order valence-electron chi connectivity index (χ1n) is 17.3. The summed E-state index contributed by atoms with van der Waals surface area (Å²) in [4.78, 5) is 75.4. The lowest BCUT2D eigenvalue weighted by molar-refractivity contribution is -0.160. The third-order valence-electron chi connectivity index (χ3n) is 7.69. The molecule has 2 unspecified atom stereocenters. The van der Waals surface area contributed by atoms with E-state index < -0.39 is 46.7 Å². The Morgan fingerprint density at radius 2 is 1.25 bits per heavy atom. The van der Waals surface area contributed by atoms with Crippen molar-refractivity contribution >= 4 is 35.7 Å². The minimum atomic E-state index is -1.10. The maximum Gasteiger partial charge on any atom is 0.410 e. The SMILES string of the molecule is C1CCOC1.CCOC(=O)C1(C)CCCN(C(=O)OC(C)(C)C)CCC1=O.CCOC(=O)C1CCCN(C(=O)OC(C)(C)C)CCC1=O. The summed E-state index contributed by atoms with van der Waals surface area (Å²) in [6.07, 6.45) is 3.94. The molecule has 13 nitrogen and oxygen atoms in total. The highest BCUT2D eigenvalue weighted by molar-refractivity contribution is 6.03. The first-order chi connectivity index (χ1) is 22.3. The molecule has 0 N–H and O–H groups in total. The number of carbonyl (C=O) groups excluding carboxylic acids is 6. The zero-order valence-corrected chi connectivity index (χ0v) is 30.8. The van der Waals surface area contributed by atoms with Crippen LogP contribution in [0, 0.1) is 11.3 Å². The van der Waals surface area contributed by atoms with E-state index in [9.17, 15) is 28.8 Å². The molecule has 276 valence electrons. The van der Waals surface area contributed by atoms with Crippen molar-refractivity contribution in [2.24, 2.45) is 11.3 Å². The van der Waals surface area contributed by atoms with Crippen LogP contribution in [-0.2, 0) is 42.9 Å². The third kappa shape index (κ3) is 15.8. The highest BCUT2D eigenvalue weighted by Gasteiger charge is 2.43. The van der Waals surface area contributed by atoms with Crippen molar-refractivity contribution in [1.82, 2.24) is 9.80 Å². The first kappa shape index (κ1) is 42.8. The second-order valence-electron chi connectivity index (χ2n) is 14.2. The number of rotatable bonds is 4. The smallest absolute Gasteiger partial charge is 0.410 e. The van der Waals surface area contributed by atoms with Gasteiger partial charge in [0.2, 0.25) is 0 Å². The van der Waals surface area contributed by atoms with Crippen molar-refractivity contribution in [3.8, 4) is 0 Å². The number of amides is 2. The van der Waals surface area contributed by atoms with Gasteiger partial charge in [0.15, 0.2) is 5.78 Å². The van der Waals surface area contributed by atoms with Crippen LogP contribution < -0.4 is 0 Å². The van der Waals surface area contributed by atoms with Crippen molar-refractivity contribution in [2.75, 3.05) is 52.6 Å². The monoisotopic (exact) mass is 684 g/mol. The number of carbonyl (C=O) groups is 6. The number of hydrogen-bond acceptors (Lipinski definition) is 11. The van der Waals surface area contributed by atoms with Gasteiger partial charge in [-0.15, -0.1) is 0 Å². The summed E-state index contributed by atoms with van der Waals surface area (Å²) in [5.74, 6) is -1.95. The van der Waals surface area contributed by atoms with Crippen LogP contribution in [0.3, 0.4) is 0 Å². The van der Waals surface area contributed by atoms with E-state index in [1.54, 1.807) is 62.3 Å².